The van der Waals surface area contributed by atoms with Gasteiger partial charge in [-0.1, -0.05) is 18.5 Å². The lowest BCUT2D eigenvalue weighted by Crippen LogP contribution is -2.17. The Labute approximate surface area is 102 Å². The number of hydrogen-bond donors (Lipinski definition) is 0. The first kappa shape index (κ1) is 14.0. The molecular weight excluding hydrogens is 257 g/mol. The van der Waals surface area contributed by atoms with Crippen LogP contribution in [0.3, 0.4) is 0 Å². The van der Waals surface area contributed by atoms with Crippen LogP contribution in [0.1, 0.15) is 25.2 Å². The molecule has 1 aromatic heterocycles. The van der Waals surface area contributed by atoms with Gasteiger partial charge in [-0.3, -0.25) is 9.48 Å². The number of nitrogens with zero attached hydrogens (tertiary/aromatic N) is 2. The van der Waals surface area contributed by atoms with Gasteiger partial charge in [0.2, 0.25) is 0 Å². The Morgan fingerprint density at radius 1 is 1.53 bits per heavy atom. The number of ketones is 1. The van der Waals surface area contributed by atoms with Gasteiger partial charge in [-0.15, -0.1) is 0 Å². The van der Waals surface area contributed by atoms with Gasteiger partial charge in [0, 0.05) is 5.92 Å². The normalized spacial score (nSPS) is 13.8. The van der Waals surface area contributed by atoms with Gasteiger partial charge in [-0.2, -0.15) is 18.3 Å². The van der Waals surface area contributed by atoms with Crippen molar-refractivity contribution in [2.75, 3.05) is 0 Å². The molecule has 1 heterocycles. The van der Waals surface area contributed by atoms with Crippen LogP contribution in [-0.4, -0.2) is 15.6 Å². The topological polar surface area (TPSA) is 34.9 Å². The lowest BCUT2D eigenvalue weighted by atomic mass is 10.1. The molecule has 3 nitrogen and oxygen atoms in total. The predicted octanol–water partition coefficient (Wildman–Crippen LogP) is 3.09. The second-order valence-corrected chi connectivity index (χ2v) is 4.32. The van der Waals surface area contributed by atoms with Crippen LogP contribution in [0.15, 0.2) is 0 Å². The number of aromatic nitrogens is 2. The van der Waals surface area contributed by atoms with Gasteiger partial charge in [-0.05, 0) is 13.8 Å². The molecule has 1 atom stereocenters. The minimum atomic E-state index is -4.58. The van der Waals surface area contributed by atoms with E-state index in [0.29, 0.717) is 0 Å². The van der Waals surface area contributed by atoms with Crippen LogP contribution in [0.5, 0.6) is 0 Å². The first-order chi connectivity index (χ1) is 7.64. The van der Waals surface area contributed by atoms with E-state index in [2.05, 4.69) is 5.10 Å². The fourth-order valence-corrected chi connectivity index (χ4v) is 1.51. The van der Waals surface area contributed by atoms with Gasteiger partial charge in [0.1, 0.15) is 5.78 Å². The minimum Gasteiger partial charge on any atom is -0.300 e. The molecule has 17 heavy (non-hydrogen) atoms. The molecule has 0 saturated heterocycles. The molecule has 0 radical (unpaired) electrons. The van der Waals surface area contributed by atoms with E-state index in [1.807, 2.05) is 0 Å². The number of hydrogen-bond acceptors (Lipinski definition) is 2. The zero-order valence-corrected chi connectivity index (χ0v) is 10.4. The van der Waals surface area contributed by atoms with E-state index in [1.165, 1.54) is 13.8 Å². The molecule has 0 spiro atoms. The molecule has 0 aliphatic heterocycles. The Morgan fingerprint density at radius 2 is 2.06 bits per heavy atom. The highest BCUT2D eigenvalue weighted by Gasteiger charge is 2.38. The molecule has 0 aliphatic carbocycles. The minimum absolute atomic E-state index is 0.0942. The third kappa shape index (κ3) is 3.00. The van der Waals surface area contributed by atoms with E-state index < -0.39 is 22.8 Å². The fraction of sp³-hybridized carbons (Fsp3) is 0.600. The van der Waals surface area contributed by atoms with E-state index in [4.69, 9.17) is 11.6 Å². The lowest BCUT2D eigenvalue weighted by Gasteiger charge is -2.09. The smallest absolute Gasteiger partial charge is 0.300 e. The third-order valence-corrected chi connectivity index (χ3v) is 3.00. The summed E-state index contributed by atoms with van der Waals surface area (Å²) >= 11 is 5.57. The summed E-state index contributed by atoms with van der Waals surface area (Å²) < 4.78 is 38.7. The maximum Gasteiger partial charge on any atom is 0.436 e. The zero-order chi connectivity index (χ0) is 13.4. The van der Waals surface area contributed by atoms with E-state index in [9.17, 15) is 18.0 Å². The van der Waals surface area contributed by atoms with Crippen molar-refractivity contribution in [2.45, 2.75) is 33.5 Å². The molecule has 0 aliphatic rings. The second kappa shape index (κ2) is 4.68. The molecule has 96 valence electrons. The highest BCUT2D eigenvalue weighted by molar-refractivity contribution is 6.31. The van der Waals surface area contributed by atoms with Gasteiger partial charge in [0.25, 0.3) is 0 Å². The average molecular weight is 269 g/mol. The molecule has 1 unspecified atom stereocenters. The Hall–Kier alpha value is -1.04. The van der Waals surface area contributed by atoms with E-state index in [-0.39, 0.29) is 18.0 Å². The summed E-state index contributed by atoms with van der Waals surface area (Å²) in [4.78, 5) is 11.1. The van der Waals surface area contributed by atoms with Crippen molar-refractivity contribution in [1.29, 1.82) is 0 Å². The largest absolute Gasteiger partial charge is 0.436 e. The van der Waals surface area contributed by atoms with Crippen LogP contribution >= 0.6 is 11.6 Å². The van der Waals surface area contributed by atoms with Crippen molar-refractivity contribution in [3.63, 3.8) is 0 Å². The maximum atomic E-state index is 12.5. The maximum absolute atomic E-state index is 12.5. The number of carbonyl (C=O) groups excluding carboxylic acids is 1. The highest BCUT2D eigenvalue weighted by atomic mass is 35.5. The molecule has 1 rings (SSSR count). The summed E-state index contributed by atoms with van der Waals surface area (Å²) in [6.07, 6.45) is -4.58. The summed E-state index contributed by atoms with van der Waals surface area (Å²) in [5.74, 6) is -0.504. The van der Waals surface area contributed by atoms with Crippen LogP contribution < -0.4 is 0 Å². The van der Waals surface area contributed by atoms with Crippen LogP contribution in [0, 0.1) is 12.8 Å². The summed E-state index contributed by atoms with van der Waals surface area (Å²) in [7, 11) is 0. The standard InChI is InChI=1S/C10H12ClF3N2O/c1-5(7(3)17)4-16-6(2)8(11)9(15-16)10(12,13)14/h5H,4H2,1-3H3. The first-order valence-corrected chi connectivity index (χ1v) is 5.33. The van der Waals surface area contributed by atoms with Crippen LogP contribution in [0.4, 0.5) is 13.2 Å². The molecule has 0 fully saturated rings. The summed E-state index contributed by atoms with van der Waals surface area (Å²) in [6, 6.07) is 0. The molecule has 7 heteroatoms. The number of rotatable bonds is 3. The summed E-state index contributed by atoms with van der Waals surface area (Å²) in [5, 5.41) is 3.00. The Morgan fingerprint density at radius 3 is 2.41 bits per heavy atom. The third-order valence-electron chi connectivity index (χ3n) is 2.54. The molecule has 0 N–H and O–H groups in total. The lowest BCUT2D eigenvalue weighted by molar-refractivity contribution is -0.141. The number of carbonyl (C=O) groups is 1. The monoisotopic (exact) mass is 268 g/mol. The van der Waals surface area contributed by atoms with Gasteiger partial charge in [-0.25, -0.2) is 0 Å². The number of alkyl halides is 3. The zero-order valence-electron chi connectivity index (χ0n) is 9.60. The molecule has 0 amide bonds. The van der Waals surface area contributed by atoms with Gasteiger partial charge in [0.15, 0.2) is 5.69 Å². The predicted molar refractivity (Wildman–Crippen MR) is 56.8 cm³/mol. The SMILES string of the molecule is CC(=O)C(C)Cn1nc(C(F)(F)F)c(Cl)c1C. The van der Waals surface area contributed by atoms with E-state index >= 15 is 0 Å². The van der Waals surface area contributed by atoms with E-state index in [1.54, 1.807) is 6.92 Å². The van der Waals surface area contributed by atoms with Crippen molar-refractivity contribution >= 4 is 17.4 Å². The second-order valence-electron chi connectivity index (χ2n) is 3.94. The molecule has 0 saturated carbocycles. The Kier molecular flexibility index (Phi) is 3.86. The average Bonchev–Trinajstić information content (AvgIpc) is 2.45. The van der Waals surface area contributed by atoms with Crippen molar-refractivity contribution in [2.24, 2.45) is 5.92 Å². The van der Waals surface area contributed by atoms with Crippen LogP contribution in [0.2, 0.25) is 5.02 Å². The van der Waals surface area contributed by atoms with Crippen molar-refractivity contribution in [1.82, 2.24) is 9.78 Å². The molecule has 0 aromatic carbocycles. The van der Waals surface area contributed by atoms with Gasteiger partial charge < -0.3 is 0 Å². The number of Topliss-reactive ketones (excluding diaryl/α,β-unsaturated/α-hetero) is 1. The molecular formula is C10H12ClF3N2O. The fourth-order valence-electron chi connectivity index (χ4n) is 1.27. The summed E-state index contributed by atoms with van der Waals surface area (Å²) in [5.41, 5.74) is -0.889. The van der Waals surface area contributed by atoms with Gasteiger partial charge in [0.05, 0.1) is 17.3 Å². The van der Waals surface area contributed by atoms with Crippen molar-refractivity contribution in [3.05, 3.63) is 16.4 Å². The van der Waals surface area contributed by atoms with Gasteiger partial charge >= 0.3 is 6.18 Å². The van der Waals surface area contributed by atoms with Crippen molar-refractivity contribution < 1.29 is 18.0 Å². The van der Waals surface area contributed by atoms with Crippen LogP contribution in [-0.2, 0) is 17.5 Å². The first-order valence-electron chi connectivity index (χ1n) is 4.95. The summed E-state index contributed by atoms with van der Waals surface area (Å²) in [6.45, 7) is 4.55. The molecule has 0 bridgehead atoms. The quantitative estimate of drug-likeness (QED) is 0.844. The Bertz CT molecular complexity index is 439. The molecule has 1 aromatic rings. The Balaban J connectivity index is 3.08. The highest BCUT2D eigenvalue weighted by Crippen LogP contribution is 2.35. The number of halogens is 4. The van der Waals surface area contributed by atoms with Crippen molar-refractivity contribution in [3.8, 4) is 0 Å². The van der Waals surface area contributed by atoms with E-state index in [0.717, 1.165) is 4.68 Å². The van der Waals surface area contributed by atoms with Crippen LogP contribution in [0.25, 0.3) is 0 Å².